The fourth-order valence-electron chi connectivity index (χ4n) is 1.32. The van der Waals surface area contributed by atoms with E-state index in [9.17, 15) is 9.59 Å². The summed E-state index contributed by atoms with van der Waals surface area (Å²) < 4.78 is 0. The van der Waals surface area contributed by atoms with Gasteiger partial charge in [0.15, 0.2) is 0 Å². The molecule has 0 fully saturated rings. The monoisotopic (exact) mass is 205 g/mol. The number of para-hydroxylation sites is 1. The molecule has 3 nitrogen and oxygen atoms in total. The van der Waals surface area contributed by atoms with Crippen molar-refractivity contribution < 1.29 is 9.59 Å². The molecule has 3 heteroatoms. The molecule has 1 aromatic carbocycles. The van der Waals surface area contributed by atoms with Gasteiger partial charge in [0.2, 0.25) is 5.78 Å². The first-order valence-corrected chi connectivity index (χ1v) is 4.93. The molecular formula is C12H15NO2. The Morgan fingerprint density at radius 3 is 2.33 bits per heavy atom. The second-order valence-corrected chi connectivity index (χ2v) is 3.75. The summed E-state index contributed by atoms with van der Waals surface area (Å²) in [6.45, 7) is 5.34. The van der Waals surface area contributed by atoms with E-state index in [0.717, 1.165) is 5.56 Å². The fourth-order valence-corrected chi connectivity index (χ4v) is 1.32. The summed E-state index contributed by atoms with van der Waals surface area (Å²) in [7, 11) is 0. The summed E-state index contributed by atoms with van der Waals surface area (Å²) in [6, 6.07) is 7.50. The predicted octanol–water partition coefficient (Wildman–Crippen LogP) is 2.34. The number of ketones is 1. The minimum atomic E-state index is -0.567. The number of carbonyl (C=O) groups excluding carboxylic acids is 2. The Morgan fingerprint density at radius 2 is 1.80 bits per heavy atom. The highest BCUT2D eigenvalue weighted by Gasteiger charge is 2.11. The van der Waals surface area contributed by atoms with Crippen LogP contribution in [0.1, 0.15) is 32.3 Å². The van der Waals surface area contributed by atoms with Crippen molar-refractivity contribution in [3.05, 3.63) is 29.8 Å². The summed E-state index contributed by atoms with van der Waals surface area (Å²) >= 11 is 0. The van der Waals surface area contributed by atoms with Crippen LogP contribution in [0.2, 0.25) is 0 Å². The summed E-state index contributed by atoms with van der Waals surface area (Å²) in [5.41, 5.74) is 1.75. The highest BCUT2D eigenvalue weighted by Crippen LogP contribution is 2.23. The molecule has 0 aliphatic carbocycles. The molecule has 0 unspecified atom stereocenters. The number of anilines is 1. The van der Waals surface area contributed by atoms with E-state index >= 15 is 0 Å². The molecule has 0 atom stereocenters. The van der Waals surface area contributed by atoms with Gasteiger partial charge < -0.3 is 5.32 Å². The van der Waals surface area contributed by atoms with E-state index in [1.54, 1.807) is 6.07 Å². The first-order valence-electron chi connectivity index (χ1n) is 4.93. The van der Waals surface area contributed by atoms with Gasteiger partial charge in [-0.05, 0) is 17.5 Å². The third-order valence-corrected chi connectivity index (χ3v) is 2.15. The number of benzene rings is 1. The lowest BCUT2D eigenvalue weighted by molar-refractivity contribution is -0.133. The first kappa shape index (κ1) is 11.4. The minimum absolute atomic E-state index is 0.313. The van der Waals surface area contributed by atoms with Crippen molar-refractivity contribution in [1.29, 1.82) is 0 Å². The third-order valence-electron chi connectivity index (χ3n) is 2.15. The molecule has 0 aliphatic rings. The van der Waals surface area contributed by atoms with Crippen molar-refractivity contribution >= 4 is 17.4 Å². The van der Waals surface area contributed by atoms with Gasteiger partial charge in [-0.2, -0.15) is 0 Å². The normalized spacial score (nSPS) is 10.1. The molecule has 1 rings (SSSR count). The predicted molar refractivity (Wildman–Crippen MR) is 59.8 cm³/mol. The molecule has 0 saturated heterocycles. The zero-order valence-corrected chi connectivity index (χ0v) is 9.20. The third kappa shape index (κ3) is 2.91. The lowest BCUT2D eigenvalue weighted by atomic mass is 10.0. The van der Waals surface area contributed by atoms with E-state index in [2.05, 4.69) is 5.32 Å². The lowest BCUT2D eigenvalue weighted by Crippen LogP contribution is -2.20. The van der Waals surface area contributed by atoms with Crippen LogP contribution in [-0.2, 0) is 9.59 Å². The van der Waals surface area contributed by atoms with E-state index in [1.807, 2.05) is 32.0 Å². The van der Waals surface area contributed by atoms with Gasteiger partial charge in [0.05, 0.1) is 0 Å². The molecule has 0 heterocycles. The van der Waals surface area contributed by atoms with E-state index in [0.29, 0.717) is 11.6 Å². The minimum Gasteiger partial charge on any atom is -0.319 e. The maximum absolute atomic E-state index is 11.2. The van der Waals surface area contributed by atoms with Gasteiger partial charge in [0.25, 0.3) is 5.91 Å². The van der Waals surface area contributed by atoms with Crippen LogP contribution in [0.4, 0.5) is 5.69 Å². The van der Waals surface area contributed by atoms with Gasteiger partial charge in [-0.3, -0.25) is 9.59 Å². The second-order valence-electron chi connectivity index (χ2n) is 3.75. The van der Waals surface area contributed by atoms with Crippen LogP contribution in [0.3, 0.4) is 0 Å². The Labute approximate surface area is 89.5 Å². The quantitative estimate of drug-likeness (QED) is 0.770. The number of hydrogen-bond donors (Lipinski definition) is 1. The maximum atomic E-state index is 11.2. The van der Waals surface area contributed by atoms with E-state index in [-0.39, 0.29) is 0 Å². The van der Waals surface area contributed by atoms with Crippen molar-refractivity contribution in [3.8, 4) is 0 Å². The maximum Gasteiger partial charge on any atom is 0.291 e. The number of rotatable bonds is 3. The van der Waals surface area contributed by atoms with Gasteiger partial charge in [0.1, 0.15) is 0 Å². The largest absolute Gasteiger partial charge is 0.319 e. The second kappa shape index (κ2) is 4.73. The average Bonchev–Trinajstić information content (AvgIpc) is 2.18. The van der Waals surface area contributed by atoms with Crippen LogP contribution < -0.4 is 5.32 Å². The molecule has 0 spiro atoms. The van der Waals surface area contributed by atoms with Crippen LogP contribution in [-0.4, -0.2) is 11.7 Å². The zero-order chi connectivity index (χ0) is 11.4. The van der Waals surface area contributed by atoms with Crippen LogP contribution >= 0.6 is 0 Å². The molecule has 1 aromatic rings. The molecule has 80 valence electrons. The van der Waals surface area contributed by atoms with Crippen molar-refractivity contribution in [1.82, 2.24) is 0 Å². The molecule has 15 heavy (non-hydrogen) atoms. The SMILES string of the molecule is CC(=O)C(=O)Nc1ccccc1C(C)C. The summed E-state index contributed by atoms with van der Waals surface area (Å²) in [4.78, 5) is 22.0. The van der Waals surface area contributed by atoms with Crippen LogP contribution in [0, 0.1) is 0 Å². The van der Waals surface area contributed by atoms with Crippen molar-refractivity contribution in [2.24, 2.45) is 0 Å². The molecule has 0 aliphatic heterocycles. The van der Waals surface area contributed by atoms with Gasteiger partial charge in [-0.1, -0.05) is 32.0 Å². The fraction of sp³-hybridized carbons (Fsp3) is 0.333. The highest BCUT2D eigenvalue weighted by atomic mass is 16.2. The van der Waals surface area contributed by atoms with E-state index in [4.69, 9.17) is 0 Å². The van der Waals surface area contributed by atoms with Crippen LogP contribution in [0.5, 0.6) is 0 Å². The Bertz CT molecular complexity index is 383. The van der Waals surface area contributed by atoms with Gasteiger partial charge >= 0.3 is 0 Å². The molecule has 0 saturated carbocycles. The van der Waals surface area contributed by atoms with E-state index < -0.39 is 11.7 Å². The van der Waals surface area contributed by atoms with Gasteiger partial charge in [0, 0.05) is 12.6 Å². The highest BCUT2D eigenvalue weighted by molar-refractivity contribution is 6.39. The van der Waals surface area contributed by atoms with Crippen molar-refractivity contribution in [3.63, 3.8) is 0 Å². The van der Waals surface area contributed by atoms with Crippen molar-refractivity contribution in [2.45, 2.75) is 26.7 Å². The topological polar surface area (TPSA) is 46.2 Å². The Hall–Kier alpha value is -1.64. The standard InChI is InChI=1S/C12H15NO2/c1-8(2)10-6-4-5-7-11(10)13-12(15)9(3)14/h4-8H,1-3H3,(H,13,15). The van der Waals surface area contributed by atoms with Gasteiger partial charge in [-0.25, -0.2) is 0 Å². The first-order chi connectivity index (χ1) is 7.02. The summed E-state index contributed by atoms with van der Waals surface area (Å²) in [5, 5.41) is 2.60. The molecular weight excluding hydrogens is 190 g/mol. The smallest absolute Gasteiger partial charge is 0.291 e. The number of hydrogen-bond acceptors (Lipinski definition) is 2. The number of nitrogens with one attached hydrogen (secondary N) is 1. The summed E-state index contributed by atoms with van der Waals surface area (Å²) in [5.74, 6) is -0.731. The zero-order valence-electron chi connectivity index (χ0n) is 9.20. The summed E-state index contributed by atoms with van der Waals surface area (Å²) in [6.07, 6.45) is 0. The average molecular weight is 205 g/mol. The lowest BCUT2D eigenvalue weighted by Gasteiger charge is -2.12. The Balaban J connectivity index is 2.94. The van der Waals surface area contributed by atoms with Crippen molar-refractivity contribution in [2.75, 3.05) is 5.32 Å². The molecule has 0 radical (unpaired) electrons. The number of carbonyl (C=O) groups is 2. The Kier molecular flexibility index (Phi) is 3.61. The molecule has 0 bridgehead atoms. The Morgan fingerprint density at radius 1 is 1.20 bits per heavy atom. The number of amides is 1. The molecule has 0 aromatic heterocycles. The van der Waals surface area contributed by atoms with Crippen LogP contribution in [0.25, 0.3) is 0 Å². The number of Topliss-reactive ketones (excluding diaryl/α,β-unsaturated/α-hetero) is 1. The molecule has 1 amide bonds. The molecule has 1 N–H and O–H groups in total. The van der Waals surface area contributed by atoms with Gasteiger partial charge in [-0.15, -0.1) is 0 Å². The van der Waals surface area contributed by atoms with E-state index in [1.165, 1.54) is 6.92 Å². The van der Waals surface area contributed by atoms with Crippen LogP contribution in [0.15, 0.2) is 24.3 Å².